The maximum absolute atomic E-state index is 13.3. The van der Waals surface area contributed by atoms with Crippen LogP contribution in [-0.2, 0) is 6.18 Å². The minimum Gasteiger partial charge on any atom is -0.322 e. The number of benzene rings is 3. The molecule has 0 aliphatic heterocycles. The molecule has 9 heteroatoms. The largest absolute Gasteiger partial charge is 0.416 e. The van der Waals surface area contributed by atoms with E-state index in [0.717, 1.165) is 17.2 Å². The first-order chi connectivity index (χ1) is 17.7. The van der Waals surface area contributed by atoms with Gasteiger partial charge in [0.1, 0.15) is 0 Å². The number of anilines is 1. The van der Waals surface area contributed by atoms with E-state index in [0.29, 0.717) is 28.2 Å². The molecule has 2 heterocycles. The molecule has 0 aliphatic rings. The third kappa shape index (κ3) is 4.65. The first-order valence-corrected chi connectivity index (χ1v) is 11.2. The second-order valence-corrected chi connectivity index (χ2v) is 8.38. The summed E-state index contributed by atoms with van der Waals surface area (Å²) in [7, 11) is 0. The Labute approximate surface area is 209 Å². The average Bonchev–Trinajstić information content (AvgIpc) is 3.33. The van der Waals surface area contributed by atoms with Gasteiger partial charge in [0.2, 0.25) is 0 Å². The number of aryl methyl sites for hydroxylation is 1. The SMILES string of the molecule is Cc1ccc(C(=O)Nc2cccc(-c3ccnc4c(-c5cccc(C#N)c5)cnn34)c2)cc1C(F)(F)F. The molecule has 182 valence electrons. The Morgan fingerprint density at radius 3 is 2.57 bits per heavy atom. The number of nitrogens with zero attached hydrogens (tertiary/aromatic N) is 4. The van der Waals surface area contributed by atoms with Gasteiger partial charge in [0.25, 0.3) is 5.91 Å². The molecule has 1 N–H and O–H groups in total. The lowest BCUT2D eigenvalue weighted by atomic mass is 10.0. The van der Waals surface area contributed by atoms with Gasteiger partial charge < -0.3 is 5.32 Å². The molecule has 0 spiro atoms. The van der Waals surface area contributed by atoms with Crippen molar-refractivity contribution < 1.29 is 18.0 Å². The van der Waals surface area contributed by atoms with Gasteiger partial charge in [0, 0.05) is 28.6 Å². The van der Waals surface area contributed by atoms with Crippen molar-refractivity contribution in [2.24, 2.45) is 0 Å². The minimum absolute atomic E-state index is 0.0469. The van der Waals surface area contributed by atoms with Crippen molar-refractivity contribution in [1.29, 1.82) is 5.26 Å². The Balaban J connectivity index is 1.47. The lowest BCUT2D eigenvalue weighted by Gasteiger charge is -2.13. The Kier molecular flexibility index (Phi) is 5.93. The summed E-state index contributed by atoms with van der Waals surface area (Å²) in [5.41, 5.74) is 3.59. The second-order valence-electron chi connectivity index (χ2n) is 8.38. The van der Waals surface area contributed by atoms with Gasteiger partial charge in [-0.15, -0.1) is 0 Å². The molecular weight excluding hydrogens is 479 g/mol. The van der Waals surface area contributed by atoms with Crippen LogP contribution in [0.5, 0.6) is 0 Å². The predicted molar refractivity (Wildman–Crippen MR) is 133 cm³/mol. The summed E-state index contributed by atoms with van der Waals surface area (Å²) < 4.78 is 41.5. The van der Waals surface area contributed by atoms with Crippen molar-refractivity contribution in [3.63, 3.8) is 0 Å². The van der Waals surface area contributed by atoms with Crippen LogP contribution < -0.4 is 5.32 Å². The number of rotatable bonds is 4. The van der Waals surface area contributed by atoms with E-state index < -0.39 is 17.6 Å². The summed E-state index contributed by atoms with van der Waals surface area (Å²) in [6.07, 6.45) is -1.24. The van der Waals surface area contributed by atoms with E-state index >= 15 is 0 Å². The average molecular weight is 497 g/mol. The monoisotopic (exact) mass is 497 g/mol. The zero-order chi connectivity index (χ0) is 26.2. The van der Waals surface area contributed by atoms with Crippen LogP contribution in [0.15, 0.2) is 85.2 Å². The molecule has 0 atom stereocenters. The Bertz CT molecular complexity index is 1700. The van der Waals surface area contributed by atoms with Gasteiger partial charge in [-0.25, -0.2) is 9.50 Å². The zero-order valence-electron chi connectivity index (χ0n) is 19.4. The van der Waals surface area contributed by atoms with Crippen molar-refractivity contribution in [2.45, 2.75) is 13.1 Å². The molecule has 0 radical (unpaired) electrons. The van der Waals surface area contributed by atoms with E-state index in [4.69, 9.17) is 0 Å². The van der Waals surface area contributed by atoms with Crippen LogP contribution in [-0.4, -0.2) is 20.5 Å². The topological polar surface area (TPSA) is 83.1 Å². The van der Waals surface area contributed by atoms with Crippen LogP contribution in [0.1, 0.15) is 27.0 Å². The third-order valence-corrected chi connectivity index (χ3v) is 5.93. The highest BCUT2D eigenvalue weighted by molar-refractivity contribution is 6.04. The number of alkyl halides is 3. The third-order valence-electron chi connectivity index (χ3n) is 5.93. The molecule has 0 saturated carbocycles. The van der Waals surface area contributed by atoms with E-state index in [1.807, 2.05) is 12.1 Å². The number of amides is 1. The smallest absolute Gasteiger partial charge is 0.322 e. The Morgan fingerprint density at radius 2 is 1.78 bits per heavy atom. The van der Waals surface area contributed by atoms with Crippen LogP contribution in [0.4, 0.5) is 18.9 Å². The van der Waals surface area contributed by atoms with E-state index in [1.54, 1.807) is 59.4 Å². The summed E-state index contributed by atoms with van der Waals surface area (Å²) >= 11 is 0. The Morgan fingerprint density at radius 1 is 1.00 bits per heavy atom. The van der Waals surface area contributed by atoms with Crippen molar-refractivity contribution in [3.05, 3.63) is 107 Å². The number of aromatic nitrogens is 3. The predicted octanol–water partition coefficient (Wildman–Crippen LogP) is 6.51. The number of nitriles is 1. The van der Waals surface area contributed by atoms with Gasteiger partial charge in [-0.3, -0.25) is 4.79 Å². The number of hydrogen-bond donors (Lipinski definition) is 1. The second kappa shape index (κ2) is 9.24. The Hall–Kier alpha value is -4.97. The fraction of sp³-hybridized carbons (Fsp3) is 0.0714. The molecular formula is C28H18F3N5O. The lowest BCUT2D eigenvalue weighted by molar-refractivity contribution is -0.138. The van der Waals surface area contributed by atoms with E-state index in [9.17, 15) is 23.2 Å². The first kappa shape index (κ1) is 23.8. The highest BCUT2D eigenvalue weighted by Gasteiger charge is 2.33. The molecule has 6 nitrogen and oxygen atoms in total. The van der Waals surface area contributed by atoms with Crippen LogP contribution in [0.2, 0.25) is 0 Å². The summed E-state index contributed by atoms with van der Waals surface area (Å²) in [6, 6.07) is 21.5. The van der Waals surface area contributed by atoms with E-state index in [2.05, 4.69) is 21.5 Å². The number of fused-ring (bicyclic) bond motifs is 1. The quantitative estimate of drug-likeness (QED) is 0.307. The molecule has 1 amide bonds. The molecule has 0 saturated heterocycles. The molecule has 0 bridgehead atoms. The number of carbonyl (C=O) groups is 1. The number of carbonyl (C=O) groups excluding carboxylic acids is 1. The van der Waals surface area contributed by atoms with Gasteiger partial charge in [-0.2, -0.15) is 23.5 Å². The summed E-state index contributed by atoms with van der Waals surface area (Å²) in [5.74, 6) is -0.652. The summed E-state index contributed by atoms with van der Waals surface area (Å²) in [6.45, 7) is 1.35. The normalized spacial score (nSPS) is 11.3. The maximum Gasteiger partial charge on any atom is 0.416 e. The maximum atomic E-state index is 13.3. The first-order valence-electron chi connectivity index (χ1n) is 11.2. The van der Waals surface area contributed by atoms with Crippen molar-refractivity contribution in [3.8, 4) is 28.5 Å². The standard InChI is InChI=1S/C28H18F3N5O/c1-17-8-9-21(14-24(17)28(29,30)31)27(37)35-22-7-3-6-20(13-22)25-10-11-33-26-23(16-34-36(25)26)19-5-2-4-18(12-19)15-32/h2-14,16H,1H3,(H,35,37). The van der Waals surface area contributed by atoms with Crippen molar-refractivity contribution in [2.75, 3.05) is 5.32 Å². The van der Waals surface area contributed by atoms with Gasteiger partial charge in [-0.1, -0.05) is 30.3 Å². The fourth-order valence-electron chi connectivity index (χ4n) is 4.10. The number of halogens is 3. The fourth-order valence-corrected chi connectivity index (χ4v) is 4.10. The van der Waals surface area contributed by atoms with Gasteiger partial charge in [-0.05, 0) is 60.5 Å². The van der Waals surface area contributed by atoms with Crippen molar-refractivity contribution in [1.82, 2.24) is 14.6 Å². The van der Waals surface area contributed by atoms with Gasteiger partial charge in [0.05, 0.1) is 29.1 Å². The van der Waals surface area contributed by atoms with Crippen LogP contribution >= 0.6 is 0 Å². The van der Waals surface area contributed by atoms with Crippen LogP contribution in [0, 0.1) is 18.3 Å². The van der Waals surface area contributed by atoms with E-state index in [1.165, 1.54) is 19.1 Å². The minimum atomic E-state index is -4.55. The zero-order valence-corrected chi connectivity index (χ0v) is 19.4. The highest BCUT2D eigenvalue weighted by atomic mass is 19.4. The summed E-state index contributed by atoms with van der Waals surface area (Å²) in [5, 5.41) is 16.4. The molecule has 5 rings (SSSR count). The van der Waals surface area contributed by atoms with Gasteiger partial charge in [0.15, 0.2) is 5.65 Å². The molecule has 5 aromatic rings. The van der Waals surface area contributed by atoms with Crippen LogP contribution in [0.25, 0.3) is 28.0 Å². The molecule has 0 fully saturated rings. The lowest BCUT2D eigenvalue weighted by Crippen LogP contribution is -2.15. The molecule has 0 unspecified atom stereocenters. The van der Waals surface area contributed by atoms with E-state index in [-0.39, 0.29) is 11.1 Å². The molecule has 37 heavy (non-hydrogen) atoms. The number of hydrogen-bond acceptors (Lipinski definition) is 4. The number of nitrogens with one attached hydrogen (secondary N) is 1. The molecule has 3 aromatic carbocycles. The molecule has 2 aromatic heterocycles. The van der Waals surface area contributed by atoms with Crippen LogP contribution in [0.3, 0.4) is 0 Å². The molecule has 0 aliphatic carbocycles. The highest BCUT2D eigenvalue weighted by Crippen LogP contribution is 2.33. The van der Waals surface area contributed by atoms with Gasteiger partial charge >= 0.3 is 6.18 Å². The summed E-state index contributed by atoms with van der Waals surface area (Å²) in [4.78, 5) is 17.2. The van der Waals surface area contributed by atoms with Crippen molar-refractivity contribution >= 4 is 17.2 Å².